The molecule has 0 saturated carbocycles. The van der Waals surface area contributed by atoms with Crippen molar-refractivity contribution in [2.75, 3.05) is 0 Å². The van der Waals surface area contributed by atoms with E-state index in [1.54, 1.807) is 48.5 Å². The van der Waals surface area contributed by atoms with Crippen LogP contribution in [-0.4, -0.2) is 27.3 Å². The third-order valence-corrected chi connectivity index (χ3v) is 5.50. The monoisotopic (exact) mass is 449 g/mol. The molecule has 1 unspecified atom stereocenters. The Hall–Kier alpha value is -2.88. The molecule has 0 aliphatic rings. The Morgan fingerprint density at radius 1 is 1.10 bits per heavy atom. The minimum Gasteiger partial charge on any atom is -0.271 e. The summed E-state index contributed by atoms with van der Waals surface area (Å²) in [6, 6.07) is 13.8. The number of H-pyrrole nitrogens is 2. The molecular formula is C18H13Cl2N5O3S. The summed E-state index contributed by atoms with van der Waals surface area (Å²) in [5, 5.41) is 9.61. The Bertz CT molecular complexity index is 1140. The highest BCUT2D eigenvalue weighted by Crippen LogP contribution is 2.32. The molecule has 0 saturated heterocycles. The van der Waals surface area contributed by atoms with Crippen LogP contribution < -0.4 is 16.7 Å². The molecular weight excluding hydrogens is 437 g/mol. The summed E-state index contributed by atoms with van der Waals surface area (Å²) in [6.07, 6.45) is 1.33. The quantitative estimate of drug-likeness (QED) is 0.303. The van der Waals surface area contributed by atoms with Crippen LogP contribution in [0.2, 0.25) is 10.0 Å². The number of hydrogen-bond donors (Lipinski definition) is 3. The second-order valence-electron chi connectivity index (χ2n) is 5.59. The highest BCUT2D eigenvalue weighted by molar-refractivity contribution is 8.00. The first-order chi connectivity index (χ1) is 14.0. The van der Waals surface area contributed by atoms with E-state index >= 15 is 0 Å². The summed E-state index contributed by atoms with van der Waals surface area (Å²) in [5.74, 6) is -0.506. The van der Waals surface area contributed by atoms with Gasteiger partial charge in [-0.25, -0.2) is 15.3 Å². The van der Waals surface area contributed by atoms with Gasteiger partial charge in [-0.05, 0) is 17.7 Å². The molecule has 0 fully saturated rings. The van der Waals surface area contributed by atoms with E-state index in [2.05, 4.69) is 25.7 Å². The molecule has 0 radical (unpaired) electrons. The number of benzene rings is 2. The van der Waals surface area contributed by atoms with Crippen LogP contribution in [0, 0.1) is 0 Å². The van der Waals surface area contributed by atoms with Gasteiger partial charge in [-0.1, -0.05) is 71.4 Å². The first-order valence-electron chi connectivity index (χ1n) is 8.13. The van der Waals surface area contributed by atoms with E-state index in [1.807, 2.05) is 0 Å². The molecule has 1 atom stereocenters. The number of halogens is 2. The number of carbonyl (C=O) groups excluding carboxylic acids is 1. The van der Waals surface area contributed by atoms with Gasteiger partial charge in [-0.15, -0.1) is 0 Å². The maximum absolute atomic E-state index is 12.8. The topological polar surface area (TPSA) is 120 Å². The predicted molar refractivity (Wildman–Crippen MR) is 113 cm³/mol. The van der Waals surface area contributed by atoms with Crippen molar-refractivity contribution in [2.45, 2.75) is 10.3 Å². The van der Waals surface area contributed by atoms with Crippen molar-refractivity contribution in [1.29, 1.82) is 0 Å². The van der Waals surface area contributed by atoms with Crippen LogP contribution in [0.5, 0.6) is 0 Å². The van der Waals surface area contributed by atoms with Gasteiger partial charge in [0.2, 0.25) is 0 Å². The fourth-order valence-electron chi connectivity index (χ4n) is 2.28. The maximum Gasteiger partial charge on any atom is 0.342 e. The van der Waals surface area contributed by atoms with Gasteiger partial charge in [0.1, 0.15) is 5.25 Å². The van der Waals surface area contributed by atoms with Gasteiger partial charge in [0.05, 0.1) is 16.3 Å². The summed E-state index contributed by atoms with van der Waals surface area (Å²) in [7, 11) is 0. The van der Waals surface area contributed by atoms with Crippen LogP contribution in [-0.2, 0) is 4.79 Å². The lowest BCUT2D eigenvalue weighted by molar-refractivity contribution is -0.120. The van der Waals surface area contributed by atoms with E-state index in [9.17, 15) is 14.4 Å². The lowest BCUT2D eigenvalue weighted by Gasteiger charge is -2.14. The molecule has 3 rings (SSSR count). The fraction of sp³-hybridized carbons (Fsp3) is 0.0556. The smallest absolute Gasteiger partial charge is 0.271 e. The number of aromatic nitrogens is 3. The number of rotatable bonds is 6. The molecule has 8 nitrogen and oxygen atoms in total. The SMILES string of the molecule is O=C(N/N=C\c1c(Cl)cccc1Cl)C(Sc1n[nH]c(=O)[nH]c1=O)c1ccccc1. The summed E-state index contributed by atoms with van der Waals surface area (Å²) in [6.45, 7) is 0. The molecule has 3 N–H and O–H groups in total. The van der Waals surface area contributed by atoms with Crippen LogP contribution >= 0.6 is 35.0 Å². The number of thioether (sulfide) groups is 1. The molecule has 0 aliphatic heterocycles. The van der Waals surface area contributed by atoms with Crippen molar-refractivity contribution < 1.29 is 4.79 Å². The molecule has 1 amide bonds. The lowest BCUT2D eigenvalue weighted by Crippen LogP contribution is -2.28. The minimum atomic E-state index is -0.852. The highest BCUT2D eigenvalue weighted by atomic mass is 35.5. The molecule has 29 heavy (non-hydrogen) atoms. The van der Waals surface area contributed by atoms with E-state index in [1.165, 1.54) is 6.21 Å². The van der Waals surface area contributed by atoms with Gasteiger partial charge in [0.15, 0.2) is 5.03 Å². The molecule has 11 heteroatoms. The highest BCUT2D eigenvalue weighted by Gasteiger charge is 2.24. The molecule has 2 aromatic carbocycles. The number of nitrogens with zero attached hydrogens (tertiary/aromatic N) is 2. The van der Waals surface area contributed by atoms with Gasteiger partial charge >= 0.3 is 5.69 Å². The zero-order valence-corrected chi connectivity index (χ0v) is 16.9. The fourth-order valence-corrected chi connectivity index (χ4v) is 3.71. The van der Waals surface area contributed by atoms with E-state index in [0.29, 0.717) is 21.2 Å². The van der Waals surface area contributed by atoms with Gasteiger partial charge in [0.25, 0.3) is 11.5 Å². The lowest BCUT2D eigenvalue weighted by atomic mass is 10.1. The minimum absolute atomic E-state index is 0.0632. The van der Waals surface area contributed by atoms with E-state index in [0.717, 1.165) is 11.8 Å². The number of aromatic amines is 2. The van der Waals surface area contributed by atoms with Crippen LogP contribution in [0.15, 0.2) is 68.2 Å². The molecule has 148 valence electrons. The van der Waals surface area contributed by atoms with Crippen molar-refractivity contribution in [3.8, 4) is 0 Å². The average molecular weight is 450 g/mol. The Morgan fingerprint density at radius 3 is 2.45 bits per heavy atom. The second kappa shape index (κ2) is 9.55. The third-order valence-electron chi connectivity index (χ3n) is 3.62. The van der Waals surface area contributed by atoms with Gasteiger partial charge < -0.3 is 0 Å². The Kier molecular flexibility index (Phi) is 6.86. The Labute approximate surface area is 178 Å². The molecule has 0 spiro atoms. The first-order valence-corrected chi connectivity index (χ1v) is 9.77. The summed E-state index contributed by atoms with van der Waals surface area (Å²) in [5.41, 5.74) is 2.06. The predicted octanol–water partition coefficient (Wildman–Crippen LogP) is 2.75. The van der Waals surface area contributed by atoms with Crippen LogP contribution in [0.4, 0.5) is 0 Å². The van der Waals surface area contributed by atoms with E-state index < -0.39 is 22.4 Å². The third kappa shape index (κ3) is 5.35. The number of nitrogens with one attached hydrogen (secondary N) is 3. The number of amides is 1. The molecule has 1 aromatic heterocycles. The summed E-state index contributed by atoms with van der Waals surface area (Å²) in [4.78, 5) is 37.9. The largest absolute Gasteiger partial charge is 0.342 e. The second-order valence-corrected chi connectivity index (χ2v) is 7.50. The zero-order chi connectivity index (χ0) is 20.8. The van der Waals surface area contributed by atoms with Gasteiger partial charge in [-0.3, -0.25) is 14.6 Å². The van der Waals surface area contributed by atoms with E-state index in [-0.39, 0.29) is 5.03 Å². The van der Waals surface area contributed by atoms with Gasteiger partial charge in [-0.2, -0.15) is 10.2 Å². The standard InChI is InChI=1S/C18H13Cl2N5O3S/c19-12-7-4-8-13(20)11(12)9-21-23-15(26)14(10-5-2-1-3-6-10)29-17-16(27)22-18(28)25-24-17/h1-9,14H,(H,23,26)(H2,22,25,27,28)/b21-9-. The maximum atomic E-state index is 12.8. The van der Waals surface area contributed by atoms with Crippen molar-refractivity contribution in [2.24, 2.45) is 5.10 Å². The zero-order valence-electron chi connectivity index (χ0n) is 14.6. The summed E-state index contributed by atoms with van der Waals surface area (Å²) < 4.78 is 0. The van der Waals surface area contributed by atoms with Crippen molar-refractivity contribution in [1.82, 2.24) is 20.6 Å². The van der Waals surface area contributed by atoms with Crippen molar-refractivity contribution in [3.63, 3.8) is 0 Å². The average Bonchev–Trinajstić information content (AvgIpc) is 2.70. The van der Waals surface area contributed by atoms with E-state index in [4.69, 9.17) is 23.2 Å². The normalized spacial score (nSPS) is 12.1. The van der Waals surface area contributed by atoms with Crippen LogP contribution in [0.1, 0.15) is 16.4 Å². The number of carbonyl (C=O) groups is 1. The first kappa shape index (κ1) is 20.8. The molecule has 0 aliphatic carbocycles. The summed E-state index contributed by atoms with van der Waals surface area (Å²) >= 11 is 13.0. The Morgan fingerprint density at radius 2 is 1.79 bits per heavy atom. The van der Waals surface area contributed by atoms with Crippen LogP contribution in [0.3, 0.4) is 0 Å². The number of hydrazone groups is 1. The van der Waals surface area contributed by atoms with Crippen molar-refractivity contribution >= 4 is 47.1 Å². The Balaban J connectivity index is 1.84. The molecule has 1 heterocycles. The van der Waals surface area contributed by atoms with Crippen molar-refractivity contribution in [3.05, 3.63) is 90.5 Å². The van der Waals surface area contributed by atoms with Crippen LogP contribution in [0.25, 0.3) is 0 Å². The number of hydrogen-bond acceptors (Lipinski definition) is 6. The van der Waals surface area contributed by atoms with Gasteiger partial charge in [0, 0.05) is 5.56 Å². The molecule has 0 bridgehead atoms. The molecule has 3 aromatic rings.